The van der Waals surface area contributed by atoms with Gasteiger partial charge in [0.2, 0.25) is 5.91 Å². The number of non-ortho nitro benzene ring substituents is 1. The van der Waals surface area contributed by atoms with Crippen LogP contribution in [-0.2, 0) is 11.3 Å². The average Bonchev–Trinajstić information content (AvgIpc) is 2.82. The first kappa shape index (κ1) is 16.2. The maximum absolute atomic E-state index is 12.3. The number of fused-ring (bicyclic) bond motifs is 1. The van der Waals surface area contributed by atoms with E-state index in [1.54, 1.807) is 12.2 Å². The average molecular weight is 317 g/mol. The first-order chi connectivity index (χ1) is 11.0. The Morgan fingerprint density at radius 2 is 2.00 bits per heavy atom. The summed E-state index contributed by atoms with van der Waals surface area (Å²) in [7, 11) is 0. The third-order valence-corrected chi connectivity index (χ3v) is 3.21. The number of oxazole rings is 1. The molecule has 8 heteroatoms. The summed E-state index contributed by atoms with van der Waals surface area (Å²) in [5.41, 5.74) is 0.204. The van der Waals surface area contributed by atoms with Gasteiger partial charge in [-0.05, 0) is 6.07 Å². The predicted octanol–water partition coefficient (Wildman–Crippen LogP) is 1.70. The van der Waals surface area contributed by atoms with E-state index >= 15 is 0 Å². The molecule has 0 aliphatic rings. The second-order valence-corrected chi connectivity index (χ2v) is 4.74. The molecular formula is C15H15N3O5. The first-order valence-electron chi connectivity index (χ1n) is 6.75. The Kier molecular flexibility index (Phi) is 4.75. The first-order valence-corrected chi connectivity index (χ1v) is 6.75. The molecule has 0 fully saturated rings. The summed E-state index contributed by atoms with van der Waals surface area (Å²) in [6, 6.07) is 3.78. The third-order valence-electron chi connectivity index (χ3n) is 3.21. The van der Waals surface area contributed by atoms with E-state index in [9.17, 15) is 19.7 Å². The molecule has 1 heterocycles. The number of nitrogens with zero attached hydrogens (tertiary/aromatic N) is 3. The van der Waals surface area contributed by atoms with Crippen LogP contribution in [0.4, 0.5) is 5.69 Å². The molecule has 2 aromatic rings. The Labute approximate surface area is 131 Å². The number of benzene rings is 1. The SMILES string of the molecule is C=CCN(CC=C)C(=O)Cn1c(=O)oc2ccc([N+](=O)[O-])cc21. The normalized spacial score (nSPS) is 10.4. The summed E-state index contributed by atoms with van der Waals surface area (Å²) in [6.07, 6.45) is 3.12. The molecule has 0 atom stereocenters. The van der Waals surface area contributed by atoms with Crippen LogP contribution in [0.15, 0.2) is 52.7 Å². The molecule has 0 unspecified atom stereocenters. The lowest BCUT2D eigenvalue weighted by Gasteiger charge is -2.19. The van der Waals surface area contributed by atoms with E-state index in [0.29, 0.717) is 13.1 Å². The van der Waals surface area contributed by atoms with Gasteiger partial charge in [0.05, 0.1) is 10.4 Å². The van der Waals surface area contributed by atoms with Gasteiger partial charge in [0.15, 0.2) is 5.58 Å². The van der Waals surface area contributed by atoms with E-state index in [1.807, 2.05) is 0 Å². The van der Waals surface area contributed by atoms with Crippen molar-refractivity contribution in [3.05, 3.63) is 64.2 Å². The third kappa shape index (κ3) is 3.37. The van der Waals surface area contributed by atoms with Gasteiger partial charge in [-0.1, -0.05) is 12.2 Å². The molecule has 23 heavy (non-hydrogen) atoms. The number of carbonyl (C=O) groups is 1. The molecule has 120 valence electrons. The van der Waals surface area contributed by atoms with E-state index in [0.717, 1.165) is 4.57 Å². The lowest BCUT2D eigenvalue weighted by Crippen LogP contribution is -2.35. The Bertz CT molecular complexity index is 823. The summed E-state index contributed by atoms with van der Waals surface area (Å²) in [6.45, 7) is 7.46. The summed E-state index contributed by atoms with van der Waals surface area (Å²) in [5, 5.41) is 10.9. The highest BCUT2D eigenvalue weighted by atomic mass is 16.6. The van der Waals surface area contributed by atoms with Gasteiger partial charge in [-0.15, -0.1) is 13.2 Å². The molecule has 8 nitrogen and oxygen atoms in total. The maximum atomic E-state index is 12.3. The molecule has 0 radical (unpaired) electrons. The van der Waals surface area contributed by atoms with Crippen LogP contribution < -0.4 is 5.76 Å². The van der Waals surface area contributed by atoms with Gasteiger partial charge in [-0.3, -0.25) is 19.5 Å². The number of amides is 1. The molecule has 0 spiro atoms. The van der Waals surface area contributed by atoms with E-state index in [-0.39, 0.29) is 29.2 Å². The standard InChI is InChI=1S/C15H15N3O5/c1-3-7-16(8-4-2)14(19)10-17-12-9-11(18(21)22)5-6-13(12)23-15(17)20/h3-6,9H,1-2,7-8,10H2. The van der Waals surface area contributed by atoms with Gasteiger partial charge in [-0.2, -0.15) is 0 Å². The van der Waals surface area contributed by atoms with E-state index in [2.05, 4.69) is 13.2 Å². The maximum Gasteiger partial charge on any atom is 0.420 e. The van der Waals surface area contributed by atoms with Crippen LogP contribution in [0.3, 0.4) is 0 Å². The van der Waals surface area contributed by atoms with Crippen molar-refractivity contribution >= 4 is 22.7 Å². The van der Waals surface area contributed by atoms with E-state index < -0.39 is 10.7 Å². The number of nitro benzene ring substituents is 1. The number of rotatable bonds is 7. The highest BCUT2D eigenvalue weighted by Crippen LogP contribution is 2.20. The van der Waals surface area contributed by atoms with Gasteiger partial charge >= 0.3 is 5.76 Å². The van der Waals surface area contributed by atoms with Crippen molar-refractivity contribution in [1.82, 2.24) is 9.47 Å². The van der Waals surface area contributed by atoms with Crippen LogP contribution in [0.2, 0.25) is 0 Å². The number of hydrogen-bond acceptors (Lipinski definition) is 5. The van der Waals surface area contributed by atoms with Crippen LogP contribution >= 0.6 is 0 Å². The van der Waals surface area contributed by atoms with Crippen molar-refractivity contribution in [2.75, 3.05) is 13.1 Å². The fourth-order valence-electron chi connectivity index (χ4n) is 2.14. The number of hydrogen-bond donors (Lipinski definition) is 0. The highest BCUT2D eigenvalue weighted by Gasteiger charge is 2.18. The fraction of sp³-hybridized carbons (Fsp3) is 0.200. The van der Waals surface area contributed by atoms with Gasteiger partial charge in [0.25, 0.3) is 5.69 Å². The summed E-state index contributed by atoms with van der Waals surface area (Å²) in [4.78, 5) is 35.9. The van der Waals surface area contributed by atoms with Gasteiger partial charge in [0.1, 0.15) is 6.54 Å². The second kappa shape index (κ2) is 6.73. The smallest absolute Gasteiger partial charge is 0.408 e. The van der Waals surface area contributed by atoms with Crippen molar-refractivity contribution in [3.63, 3.8) is 0 Å². The topological polar surface area (TPSA) is 98.6 Å². The zero-order valence-corrected chi connectivity index (χ0v) is 12.3. The second-order valence-electron chi connectivity index (χ2n) is 4.74. The molecule has 2 rings (SSSR count). The minimum Gasteiger partial charge on any atom is -0.408 e. The zero-order chi connectivity index (χ0) is 17.0. The predicted molar refractivity (Wildman–Crippen MR) is 84.1 cm³/mol. The number of aromatic nitrogens is 1. The molecular weight excluding hydrogens is 302 g/mol. The van der Waals surface area contributed by atoms with Crippen LogP contribution in [0, 0.1) is 10.1 Å². The number of nitro groups is 1. The van der Waals surface area contributed by atoms with Gasteiger partial charge in [-0.25, -0.2) is 4.79 Å². The molecule has 0 aliphatic heterocycles. The molecule has 0 saturated carbocycles. The Balaban J connectivity index is 2.40. The molecule has 0 bridgehead atoms. The van der Waals surface area contributed by atoms with Crippen molar-refractivity contribution < 1.29 is 14.1 Å². The number of carbonyl (C=O) groups excluding carboxylic acids is 1. The van der Waals surface area contributed by atoms with Gasteiger partial charge < -0.3 is 9.32 Å². The minimum atomic E-state index is -0.744. The van der Waals surface area contributed by atoms with Crippen molar-refractivity contribution in [2.24, 2.45) is 0 Å². The molecule has 1 amide bonds. The lowest BCUT2D eigenvalue weighted by molar-refractivity contribution is -0.384. The van der Waals surface area contributed by atoms with E-state index in [4.69, 9.17) is 4.42 Å². The van der Waals surface area contributed by atoms with Crippen LogP contribution in [0.25, 0.3) is 11.1 Å². The van der Waals surface area contributed by atoms with Gasteiger partial charge in [0, 0.05) is 25.2 Å². The molecule has 0 N–H and O–H groups in total. The van der Waals surface area contributed by atoms with Crippen molar-refractivity contribution in [1.29, 1.82) is 0 Å². The lowest BCUT2D eigenvalue weighted by atomic mass is 10.3. The highest BCUT2D eigenvalue weighted by molar-refractivity contribution is 5.81. The monoisotopic (exact) mass is 317 g/mol. The zero-order valence-electron chi connectivity index (χ0n) is 12.3. The van der Waals surface area contributed by atoms with Crippen LogP contribution in [0.5, 0.6) is 0 Å². The minimum absolute atomic E-state index is 0.187. The largest absolute Gasteiger partial charge is 0.420 e. The fourth-order valence-corrected chi connectivity index (χ4v) is 2.14. The molecule has 1 aromatic carbocycles. The molecule has 1 aromatic heterocycles. The summed E-state index contributed by atoms with van der Waals surface area (Å²) in [5.74, 6) is -1.09. The van der Waals surface area contributed by atoms with Crippen molar-refractivity contribution in [2.45, 2.75) is 6.54 Å². The Morgan fingerprint density at radius 3 is 2.57 bits per heavy atom. The Hall–Kier alpha value is -3.16. The quantitative estimate of drug-likeness (QED) is 0.440. The molecule has 0 aliphatic carbocycles. The van der Waals surface area contributed by atoms with Crippen molar-refractivity contribution in [3.8, 4) is 0 Å². The van der Waals surface area contributed by atoms with Crippen LogP contribution in [0.1, 0.15) is 0 Å². The van der Waals surface area contributed by atoms with E-state index in [1.165, 1.54) is 23.1 Å². The Morgan fingerprint density at radius 1 is 1.35 bits per heavy atom. The van der Waals surface area contributed by atoms with Crippen LogP contribution in [-0.4, -0.2) is 33.4 Å². The summed E-state index contributed by atoms with van der Waals surface area (Å²) >= 11 is 0. The molecule has 0 saturated heterocycles. The summed E-state index contributed by atoms with van der Waals surface area (Å²) < 4.78 is 6.08.